The Hall–Kier alpha value is -1.37. The van der Waals surface area contributed by atoms with E-state index in [0.717, 1.165) is 0 Å². The molecule has 19 heavy (non-hydrogen) atoms. The first-order chi connectivity index (χ1) is 9.00. The topological polar surface area (TPSA) is 74.8 Å². The molecule has 0 bridgehead atoms. The maximum Gasteiger partial charge on any atom is 0.242 e. The van der Waals surface area contributed by atoms with Gasteiger partial charge in [-0.25, -0.2) is 0 Å². The van der Waals surface area contributed by atoms with Gasteiger partial charge in [-0.1, -0.05) is 0 Å². The highest BCUT2D eigenvalue weighted by Gasteiger charge is 2.35. The van der Waals surface area contributed by atoms with Gasteiger partial charge in [0.25, 0.3) is 0 Å². The molecular weight excluding hydrogens is 268 g/mol. The van der Waals surface area contributed by atoms with E-state index in [1.165, 1.54) is 9.80 Å². The maximum atomic E-state index is 11.6. The lowest BCUT2D eigenvalue weighted by Crippen LogP contribution is -2.33. The molecule has 2 heterocycles. The van der Waals surface area contributed by atoms with Gasteiger partial charge in [-0.2, -0.15) is 12.6 Å². The molecule has 4 amide bonds. The molecule has 0 N–H and O–H groups in total. The minimum atomic E-state index is -0.519. The summed E-state index contributed by atoms with van der Waals surface area (Å²) < 4.78 is 0. The second kappa shape index (κ2) is 5.73. The number of amides is 4. The van der Waals surface area contributed by atoms with Crippen molar-refractivity contribution in [3.8, 4) is 0 Å². The van der Waals surface area contributed by atoms with E-state index < -0.39 is 5.25 Å². The van der Waals surface area contributed by atoms with E-state index in [1.54, 1.807) is 0 Å². The highest BCUT2D eigenvalue weighted by Crippen LogP contribution is 2.18. The second-order valence-electron chi connectivity index (χ2n) is 4.75. The van der Waals surface area contributed by atoms with Crippen LogP contribution in [-0.4, -0.2) is 51.8 Å². The third kappa shape index (κ3) is 2.97. The first kappa shape index (κ1) is 14.0. The lowest BCUT2D eigenvalue weighted by atomic mass is 10.3. The van der Waals surface area contributed by atoms with Gasteiger partial charge in [0.2, 0.25) is 23.6 Å². The summed E-state index contributed by atoms with van der Waals surface area (Å²) in [7, 11) is 0. The van der Waals surface area contributed by atoms with Crippen LogP contribution >= 0.6 is 12.6 Å². The maximum absolute atomic E-state index is 11.6. The molecule has 2 aliphatic heterocycles. The molecule has 0 spiro atoms. The fraction of sp³-hybridized carbons (Fsp3) is 0.667. The molecule has 2 rings (SSSR count). The molecule has 2 aliphatic rings. The van der Waals surface area contributed by atoms with Gasteiger partial charge in [0.05, 0.1) is 5.25 Å². The highest BCUT2D eigenvalue weighted by atomic mass is 32.1. The van der Waals surface area contributed by atoms with Crippen molar-refractivity contribution in [2.24, 2.45) is 0 Å². The fourth-order valence-electron chi connectivity index (χ4n) is 2.31. The van der Waals surface area contributed by atoms with E-state index in [-0.39, 0.29) is 30.0 Å². The molecule has 104 valence electrons. The molecule has 7 heteroatoms. The Morgan fingerprint density at radius 2 is 1.42 bits per heavy atom. The Morgan fingerprint density at radius 3 is 1.89 bits per heavy atom. The Labute approximate surface area is 116 Å². The normalized spacial score (nSPS) is 23.9. The third-order valence-corrected chi connectivity index (χ3v) is 3.79. The summed E-state index contributed by atoms with van der Waals surface area (Å²) in [5, 5.41) is -0.519. The lowest BCUT2D eigenvalue weighted by Gasteiger charge is -2.16. The van der Waals surface area contributed by atoms with Crippen molar-refractivity contribution in [3.63, 3.8) is 0 Å². The van der Waals surface area contributed by atoms with Crippen LogP contribution in [0.2, 0.25) is 0 Å². The molecule has 0 aliphatic carbocycles. The van der Waals surface area contributed by atoms with Gasteiger partial charge in [0.1, 0.15) is 0 Å². The summed E-state index contributed by atoms with van der Waals surface area (Å²) in [6.45, 7) is 0.711. The molecule has 0 radical (unpaired) electrons. The van der Waals surface area contributed by atoms with Crippen molar-refractivity contribution in [2.75, 3.05) is 13.1 Å². The Morgan fingerprint density at radius 1 is 0.895 bits per heavy atom. The van der Waals surface area contributed by atoms with Crippen molar-refractivity contribution in [1.82, 2.24) is 9.80 Å². The second-order valence-corrected chi connectivity index (χ2v) is 5.37. The smallest absolute Gasteiger partial charge is 0.242 e. The number of thiol groups is 1. The molecule has 0 aromatic heterocycles. The van der Waals surface area contributed by atoms with Crippen molar-refractivity contribution in [1.29, 1.82) is 0 Å². The van der Waals surface area contributed by atoms with Gasteiger partial charge < -0.3 is 0 Å². The van der Waals surface area contributed by atoms with Gasteiger partial charge in [-0.15, -0.1) is 0 Å². The van der Waals surface area contributed by atoms with E-state index in [2.05, 4.69) is 12.6 Å². The summed E-state index contributed by atoms with van der Waals surface area (Å²) in [6.07, 6.45) is 1.94. The largest absolute Gasteiger partial charge is 0.283 e. The summed E-state index contributed by atoms with van der Waals surface area (Å²) in [5.74, 6) is -0.706. The SMILES string of the molecule is O=C1CCC(=O)N1CCCCN1C(=O)C[C@H](S)C1=O. The first-order valence-electron chi connectivity index (χ1n) is 6.36. The summed E-state index contributed by atoms with van der Waals surface area (Å²) in [6, 6.07) is 0. The van der Waals surface area contributed by atoms with E-state index in [0.29, 0.717) is 38.8 Å². The van der Waals surface area contributed by atoms with Crippen molar-refractivity contribution in [3.05, 3.63) is 0 Å². The van der Waals surface area contributed by atoms with Crippen LogP contribution in [0.1, 0.15) is 32.1 Å². The minimum Gasteiger partial charge on any atom is -0.283 e. The Balaban J connectivity index is 1.73. The van der Waals surface area contributed by atoms with E-state index in [9.17, 15) is 19.2 Å². The van der Waals surface area contributed by atoms with E-state index >= 15 is 0 Å². The van der Waals surface area contributed by atoms with Crippen molar-refractivity contribution in [2.45, 2.75) is 37.4 Å². The quantitative estimate of drug-likeness (QED) is 0.437. The van der Waals surface area contributed by atoms with Gasteiger partial charge in [-0.3, -0.25) is 29.0 Å². The number of nitrogens with zero attached hydrogens (tertiary/aromatic N) is 2. The Kier molecular flexibility index (Phi) is 4.24. The summed E-state index contributed by atoms with van der Waals surface area (Å²) in [4.78, 5) is 48.3. The standard InChI is InChI=1S/C12H16N2O4S/c15-9-3-4-10(16)13(9)5-1-2-6-14-11(17)7-8(19)12(14)18/h8,19H,1-7H2/t8-/m0/s1. The number of hydrogen-bond donors (Lipinski definition) is 1. The first-order valence-corrected chi connectivity index (χ1v) is 6.88. The number of rotatable bonds is 5. The molecule has 0 unspecified atom stereocenters. The number of unbranched alkanes of at least 4 members (excludes halogenated alkanes) is 1. The van der Waals surface area contributed by atoms with Crippen LogP contribution in [0.4, 0.5) is 0 Å². The third-order valence-electron chi connectivity index (χ3n) is 3.39. The zero-order valence-corrected chi connectivity index (χ0v) is 11.4. The lowest BCUT2D eigenvalue weighted by molar-refractivity contribution is -0.140. The molecule has 2 fully saturated rings. The number of hydrogen-bond acceptors (Lipinski definition) is 5. The van der Waals surface area contributed by atoms with Crippen molar-refractivity contribution >= 4 is 36.3 Å². The van der Waals surface area contributed by atoms with E-state index in [1.807, 2.05) is 0 Å². The van der Waals surface area contributed by atoms with Crippen LogP contribution < -0.4 is 0 Å². The highest BCUT2D eigenvalue weighted by molar-refractivity contribution is 7.81. The average molecular weight is 284 g/mol. The molecule has 0 aromatic carbocycles. The summed E-state index contributed by atoms with van der Waals surface area (Å²) in [5.41, 5.74) is 0. The summed E-state index contributed by atoms with van der Waals surface area (Å²) >= 11 is 4.04. The Bertz CT molecular complexity index is 421. The van der Waals surface area contributed by atoms with E-state index in [4.69, 9.17) is 0 Å². The van der Waals surface area contributed by atoms with Crippen LogP contribution in [0.25, 0.3) is 0 Å². The number of likely N-dealkylation sites (tertiary alicyclic amines) is 2. The molecule has 6 nitrogen and oxygen atoms in total. The zero-order valence-electron chi connectivity index (χ0n) is 10.5. The average Bonchev–Trinajstić information content (AvgIpc) is 2.80. The molecule has 1 atom stereocenters. The fourth-order valence-corrected chi connectivity index (χ4v) is 2.61. The number of carbonyl (C=O) groups excluding carboxylic acids is 4. The molecular formula is C12H16N2O4S. The van der Waals surface area contributed by atoms with Crippen LogP contribution in [0.3, 0.4) is 0 Å². The monoisotopic (exact) mass is 284 g/mol. The number of imide groups is 2. The number of carbonyl (C=O) groups is 4. The molecule has 0 saturated carbocycles. The van der Waals surface area contributed by atoms with Gasteiger partial charge in [0.15, 0.2) is 0 Å². The predicted molar refractivity (Wildman–Crippen MR) is 69.3 cm³/mol. The van der Waals surface area contributed by atoms with Crippen LogP contribution in [-0.2, 0) is 19.2 Å². The predicted octanol–water partition coefficient (Wildman–Crippen LogP) is -0.0271. The van der Waals surface area contributed by atoms with Gasteiger partial charge in [-0.05, 0) is 12.8 Å². The van der Waals surface area contributed by atoms with Gasteiger partial charge in [0, 0.05) is 32.4 Å². The van der Waals surface area contributed by atoms with Crippen LogP contribution in [0.15, 0.2) is 0 Å². The van der Waals surface area contributed by atoms with Crippen molar-refractivity contribution < 1.29 is 19.2 Å². The van der Waals surface area contributed by atoms with Crippen LogP contribution in [0.5, 0.6) is 0 Å². The van der Waals surface area contributed by atoms with Gasteiger partial charge >= 0.3 is 0 Å². The zero-order chi connectivity index (χ0) is 14.0. The minimum absolute atomic E-state index is 0.131. The molecule has 0 aromatic rings. The van der Waals surface area contributed by atoms with Crippen LogP contribution in [0, 0.1) is 0 Å². The molecule has 2 saturated heterocycles.